The summed E-state index contributed by atoms with van der Waals surface area (Å²) in [5.41, 5.74) is 3.15. The number of aromatic nitrogens is 6. The number of aromatic carboxylic acids is 1. The number of carbonyl (C=O) groups is 2. The molecule has 0 saturated carbocycles. The number of hydrogen-bond donors (Lipinski definition) is 2. The van der Waals surface area contributed by atoms with E-state index in [9.17, 15) is 53.5 Å². The monoisotopic (exact) mass is 954 g/mol. The summed E-state index contributed by atoms with van der Waals surface area (Å²) < 4.78 is 131. The number of nitrogens with zero attached hydrogens (tertiary/aromatic N) is 7. The van der Waals surface area contributed by atoms with Gasteiger partial charge in [0.15, 0.2) is 0 Å². The second kappa shape index (κ2) is 19.9. The number of hydrogen-bond acceptors (Lipinski definition) is 7. The van der Waals surface area contributed by atoms with E-state index in [2.05, 4.69) is 25.5 Å². The van der Waals surface area contributed by atoms with Crippen LogP contribution in [0.2, 0.25) is 0 Å². The molecule has 2 aromatic carbocycles. The van der Waals surface area contributed by atoms with E-state index in [0.717, 1.165) is 78.5 Å². The Labute approximate surface area is 381 Å². The largest absolute Gasteiger partial charge is 0.478 e. The van der Waals surface area contributed by atoms with Crippen molar-refractivity contribution in [3.05, 3.63) is 168 Å². The van der Waals surface area contributed by atoms with Crippen molar-refractivity contribution in [2.24, 2.45) is 0 Å². The summed E-state index contributed by atoms with van der Waals surface area (Å²) in [6, 6.07) is 21.4. The van der Waals surface area contributed by atoms with E-state index in [-0.39, 0.29) is 18.6 Å². The molecule has 0 spiro atoms. The fourth-order valence-electron chi connectivity index (χ4n) is 6.31. The molecule has 0 aliphatic heterocycles. The number of carbonyl (C=O) groups excluding carboxylic acids is 1. The highest BCUT2D eigenvalue weighted by Crippen LogP contribution is 2.35. The van der Waals surface area contributed by atoms with Crippen LogP contribution in [0.3, 0.4) is 0 Å². The number of rotatable bonds is 8. The number of fused-ring (bicyclic) bond motifs is 2. The van der Waals surface area contributed by atoms with Crippen LogP contribution in [-0.2, 0) is 24.2 Å². The number of pyridine rings is 4. The van der Waals surface area contributed by atoms with Crippen LogP contribution in [0.4, 0.5) is 55.3 Å². The molecule has 0 radical (unpaired) electrons. The highest BCUT2D eigenvalue weighted by molar-refractivity contribution is 6.06. The molecule has 8 rings (SSSR count). The Bertz CT molecular complexity index is 3000. The minimum atomic E-state index is -4.43. The van der Waals surface area contributed by atoms with Crippen molar-refractivity contribution in [3.63, 3.8) is 0 Å². The van der Waals surface area contributed by atoms with Gasteiger partial charge in [0.2, 0.25) is 0 Å². The van der Waals surface area contributed by atoms with Crippen molar-refractivity contribution in [1.82, 2.24) is 29.2 Å². The van der Waals surface area contributed by atoms with E-state index < -0.39 is 58.6 Å². The van der Waals surface area contributed by atoms with Gasteiger partial charge in [0.05, 0.1) is 45.7 Å². The fourth-order valence-corrected chi connectivity index (χ4v) is 6.31. The van der Waals surface area contributed by atoms with Crippen LogP contribution in [0.5, 0.6) is 0 Å². The summed E-state index contributed by atoms with van der Waals surface area (Å²) in [5, 5.41) is 19.9. The van der Waals surface area contributed by atoms with Crippen LogP contribution >= 0.6 is 0 Å². The van der Waals surface area contributed by atoms with Gasteiger partial charge in [0.25, 0.3) is 17.8 Å². The molecule has 11 nitrogen and oxygen atoms in total. The number of benzene rings is 2. The van der Waals surface area contributed by atoms with Crippen molar-refractivity contribution in [1.29, 1.82) is 0 Å². The third kappa shape index (κ3) is 11.9. The van der Waals surface area contributed by atoms with Crippen LogP contribution in [0.25, 0.3) is 33.3 Å². The maximum absolute atomic E-state index is 13.4. The quantitative estimate of drug-likeness (QED) is 0.144. The molecular formula is C47H40F10N8O3. The van der Waals surface area contributed by atoms with Gasteiger partial charge in [0, 0.05) is 75.2 Å². The van der Waals surface area contributed by atoms with Crippen molar-refractivity contribution in [2.45, 2.75) is 45.5 Å². The Balaban J connectivity index is 0.000000211. The standard InChI is InChI=1S/C23H17F5N4O.C15H12F3N3.C8H7F2NO2.CH4/c1-22(24,25)20-8-5-15(12-29-20)21(33)31(2)17-9-10-32-19(11-17)18(13-30-32)14-3-6-16(7-4-14)23(26,27)28;1-19-12-6-7-21-14(8-12)13(9-20-21)10-2-4-11(5-3-10)15(16,17)18;1-8(9,10)6-3-2-5(4-11-6)7(12)13;/h3-13H,1-2H3;2-9,19H,1H3;2-4H,1H3,(H,12,13);1H4. The summed E-state index contributed by atoms with van der Waals surface area (Å²) >= 11 is 0. The molecule has 0 atom stereocenters. The number of anilines is 2. The van der Waals surface area contributed by atoms with Gasteiger partial charge in [-0.1, -0.05) is 31.7 Å². The smallest absolute Gasteiger partial charge is 0.416 e. The molecule has 8 aromatic rings. The van der Waals surface area contributed by atoms with Gasteiger partial charge in [-0.25, -0.2) is 13.8 Å². The van der Waals surface area contributed by atoms with Crippen LogP contribution in [0.1, 0.15) is 64.5 Å². The highest BCUT2D eigenvalue weighted by atomic mass is 19.4. The number of carboxylic acids is 1. The molecule has 0 unspecified atom stereocenters. The van der Waals surface area contributed by atoms with Gasteiger partial charge in [-0.05, 0) is 83.9 Å². The summed E-state index contributed by atoms with van der Waals surface area (Å²) in [5.74, 6) is -7.79. The van der Waals surface area contributed by atoms with E-state index in [1.807, 2.05) is 12.1 Å². The lowest BCUT2D eigenvalue weighted by Crippen LogP contribution is -2.26. The van der Waals surface area contributed by atoms with Crippen LogP contribution in [-0.4, -0.2) is 60.3 Å². The molecule has 68 heavy (non-hydrogen) atoms. The normalized spacial score (nSPS) is 11.7. The minimum absolute atomic E-state index is 0. The SMILES string of the molecule is C.CC(F)(F)c1ccc(C(=O)O)cn1.CN(C(=O)c1ccc(C(C)(F)F)nc1)c1ccn2ncc(-c3ccc(C(F)(F)F)cc3)c2c1.CNc1ccn2ncc(-c3ccc(C(F)(F)F)cc3)c2c1. The molecule has 2 N–H and O–H groups in total. The zero-order valence-corrected chi connectivity index (χ0v) is 35.4. The van der Waals surface area contributed by atoms with E-state index in [1.54, 1.807) is 42.3 Å². The third-order valence-electron chi connectivity index (χ3n) is 9.97. The first-order valence-corrected chi connectivity index (χ1v) is 19.5. The second-order valence-electron chi connectivity index (χ2n) is 14.8. The van der Waals surface area contributed by atoms with Crippen LogP contribution < -0.4 is 10.2 Å². The highest BCUT2D eigenvalue weighted by Gasteiger charge is 2.31. The van der Waals surface area contributed by atoms with Gasteiger partial charge in [-0.15, -0.1) is 0 Å². The fraction of sp³-hybridized carbons (Fsp3) is 0.191. The van der Waals surface area contributed by atoms with Gasteiger partial charge in [-0.3, -0.25) is 14.8 Å². The molecule has 6 aromatic heterocycles. The molecule has 0 aliphatic carbocycles. The van der Waals surface area contributed by atoms with Crippen LogP contribution in [0.15, 0.2) is 134 Å². The second-order valence-corrected chi connectivity index (χ2v) is 14.8. The first-order chi connectivity index (χ1) is 31.3. The topological polar surface area (TPSA) is 130 Å². The molecule has 6 heterocycles. The molecular weight excluding hydrogens is 915 g/mol. The number of amides is 1. The lowest BCUT2D eigenvalue weighted by atomic mass is 10.0. The molecule has 0 saturated heterocycles. The zero-order valence-electron chi connectivity index (χ0n) is 35.4. The Kier molecular flexibility index (Phi) is 15.0. The summed E-state index contributed by atoms with van der Waals surface area (Å²) in [7, 11) is 3.32. The van der Waals surface area contributed by atoms with Gasteiger partial charge in [-0.2, -0.15) is 54.1 Å². The Morgan fingerprint density at radius 1 is 0.588 bits per heavy atom. The van der Waals surface area contributed by atoms with Crippen LogP contribution in [0, 0.1) is 0 Å². The maximum Gasteiger partial charge on any atom is 0.416 e. The number of halogens is 10. The first kappa shape index (κ1) is 51.1. The molecule has 0 aliphatic rings. The summed E-state index contributed by atoms with van der Waals surface area (Å²) in [6.45, 7) is 1.42. The predicted octanol–water partition coefficient (Wildman–Crippen LogP) is 12.4. The van der Waals surface area contributed by atoms with E-state index in [1.165, 1.54) is 53.0 Å². The Morgan fingerprint density at radius 2 is 1.01 bits per heavy atom. The average molecular weight is 955 g/mol. The average Bonchev–Trinajstić information content (AvgIpc) is 3.92. The van der Waals surface area contributed by atoms with Crippen molar-refractivity contribution in [2.75, 3.05) is 24.3 Å². The maximum atomic E-state index is 13.4. The van der Waals surface area contributed by atoms with E-state index >= 15 is 0 Å². The third-order valence-corrected chi connectivity index (χ3v) is 9.97. The number of nitrogens with one attached hydrogen (secondary N) is 1. The van der Waals surface area contributed by atoms with Crippen molar-refractivity contribution in [3.8, 4) is 22.3 Å². The number of alkyl halides is 10. The van der Waals surface area contributed by atoms with Gasteiger partial charge in [0.1, 0.15) is 11.4 Å². The van der Waals surface area contributed by atoms with Gasteiger partial charge >= 0.3 is 18.3 Å². The molecule has 1 amide bonds. The number of carboxylic acid groups (broad SMARTS) is 1. The van der Waals surface area contributed by atoms with E-state index in [0.29, 0.717) is 34.8 Å². The first-order valence-electron chi connectivity index (χ1n) is 19.5. The summed E-state index contributed by atoms with van der Waals surface area (Å²) in [4.78, 5) is 31.5. The minimum Gasteiger partial charge on any atom is -0.478 e. The Hall–Kier alpha value is -7.84. The molecule has 0 fully saturated rings. The van der Waals surface area contributed by atoms with Crippen molar-refractivity contribution >= 4 is 34.3 Å². The zero-order chi connectivity index (χ0) is 49.1. The lowest BCUT2D eigenvalue weighted by Gasteiger charge is -2.18. The van der Waals surface area contributed by atoms with E-state index in [4.69, 9.17) is 5.11 Å². The van der Waals surface area contributed by atoms with Crippen molar-refractivity contribution < 1.29 is 58.6 Å². The molecule has 21 heteroatoms. The van der Waals surface area contributed by atoms with Gasteiger partial charge < -0.3 is 15.3 Å². The molecule has 0 bridgehead atoms. The Morgan fingerprint density at radius 3 is 1.40 bits per heavy atom. The predicted molar refractivity (Wildman–Crippen MR) is 235 cm³/mol. The molecule has 356 valence electrons. The summed E-state index contributed by atoms with van der Waals surface area (Å²) in [6.07, 6.45) is -0.162. The lowest BCUT2D eigenvalue weighted by molar-refractivity contribution is -0.138.